The van der Waals surface area contributed by atoms with E-state index in [4.69, 9.17) is 5.11 Å². The quantitative estimate of drug-likeness (QED) is 0.630. The summed E-state index contributed by atoms with van der Waals surface area (Å²) in [5, 5.41) is 8.07. The first-order valence-corrected chi connectivity index (χ1v) is 2.07. The number of carbonyl (C=O) groups excluding carboxylic acids is 1. The largest absolute Gasteiger partial charge is 0.388 e. The van der Waals surface area contributed by atoms with E-state index in [0.29, 0.717) is 0 Å². The summed E-state index contributed by atoms with van der Waals surface area (Å²) < 4.78 is 0. The van der Waals surface area contributed by atoms with Gasteiger partial charge in [0.25, 0.3) is 0 Å². The van der Waals surface area contributed by atoms with Crippen LogP contribution in [0.2, 0.25) is 0 Å². The molecular weight excluding hydrogens is 183 g/mol. The second-order valence-corrected chi connectivity index (χ2v) is 1.12. The van der Waals surface area contributed by atoms with Crippen molar-refractivity contribution < 1.29 is 36.1 Å². The predicted molar refractivity (Wildman–Crippen MR) is 26.9 cm³/mol. The van der Waals surface area contributed by atoms with Gasteiger partial charge in [-0.05, 0) is 13.0 Å². The van der Waals surface area contributed by atoms with Crippen molar-refractivity contribution in [3.8, 4) is 0 Å². The summed E-state index contributed by atoms with van der Waals surface area (Å²) in [5.41, 5.74) is 0. The molecule has 0 saturated heterocycles. The molecule has 0 heterocycles. The standard InChI is InChI=1S/C5H8O2.Zr/c1-2-3-5(7)4-6;/h2-3,6H,4H2,1H3;. The van der Waals surface area contributed by atoms with E-state index in [9.17, 15) is 4.79 Å². The third kappa shape index (κ3) is 6.25. The van der Waals surface area contributed by atoms with Gasteiger partial charge in [0.05, 0.1) is 0 Å². The maximum absolute atomic E-state index is 10.1. The minimum atomic E-state index is -0.385. The Labute approximate surface area is 67.7 Å². The molecule has 0 bridgehead atoms. The van der Waals surface area contributed by atoms with Crippen LogP contribution in [0.25, 0.3) is 0 Å². The Hall–Kier alpha value is 0.253. The summed E-state index contributed by atoms with van der Waals surface area (Å²) in [6.07, 6.45) is 2.93. The van der Waals surface area contributed by atoms with Crippen molar-refractivity contribution in [1.29, 1.82) is 0 Å². The van der Waals surface area contributed by atoms with Crippen LogP contribution in [0.15, 0.2) is 12.2 Å². The first-order chi connectivity index (χ1) is 3.31. The van der Waals surface area contributed by atoms with Crippen molar-refractivity contribution in [1.82, 2.24) is 0 Å². The SMILES string of the molecule is CC=CC(=O)CO.[Zr]. The third-order valence-corrected chi connectivity index (χ3v) is 0.508. The van der Waals surface area contributed by atoms with Crippen LogP contribution >= 0.6 is 0 Å². The van der Waals surface area contributed by atoms with Crippen LogP contribution < -0.4 is 0 Å². The van der Waals surface area contributed by atoms with Gasteiger partial charge in [-0.25, -0.2) is 0 Å². The Morgan fingerprint density at radius 3 is 2.38 bits per heavy atom. The Morgan fingerprint density at radius 1 is 1.75 bits per heavy atom. The van der Waals surface area contributed by atoms with Crippen LogP contribution in [-0.4, -0.2) is 17.5 Å². The molecule has 1 N–H and O–H groups in total. The monoisotopic (exact) mass is 190 g/mol. The van der Waals surface area contributed by atoms with E-state index >= 15 is 0 Å². The molecule has 0 saturated carbocycles. The molecule has 0 unspecified atom stereocenters. The number of hydrogen-bond acceptors (Lipinski definition) is 2. The van der Waals surface area contributed by atoms with Crippen molar-refractivity contribution in [2.75, 3.05) is 6.61 Å². The van der Waals surface area contributed by atoms with Crippen molar-refractivity contribution in [3.05, 3.63) is 12.2 Å². The van der Waals surface area contributed by atoms with Crippen molar-refractivity contribution in [2.24, 2.45) is 0 Å². The summed E-state index contributed by atoms with van der Waals surface area (Å²) in [7, 11) is 0. The molecule has 0 aromatic rings. The minimum Gasteiger partial charge on any atom is -0.388 e. The summed E-state index contributed by atoms with van der Waals surface area (Å²) >= 11 is 0. The Morgan fingerprint density at radius 2 is 2.25 bits per heavy atom. The predicted octanol–water partition coefficient (Wildman–Crippen LogP) is 0.121. The molecule has 44 valence electrons. The van der Waals surface area contributed by atoms with Gasteiger partial charge in [0.1, 0.15) is 6.61 Å². The molecule has 0 radical (unpaired) electrons. The van der Waals surface area contributed by atoms with Gasteiger partial charge >= 0.3 is 0 Å². The summed E-state index contributed by atoms with van der Waals surface area (Å²) in [5.74, 6) is -0.248. The molecule has 8 heavy (non-hydrogen) atoms. The van der Waals surface area contributed by atoms with Crippen LogP contribution in [-0.2, 0) is 31.0 Å². The first-order valence-electron chi connectivity index (χ1n) is 2.07. The topological polar surface area (TPSA) is 37.3 Å². The Kier molecular flexibility index (Phi) is 10.1. The maximum Gasteiger partial charge on any atom is 0.180 e. The molecule has 2 nitrogen and oxygen atoms in total. The van der Waals surface area contributed by atoms with Gasteiger partial charge in [-0.15, -0.1) is 0 Å². The fourth-order valence-electron chi connectivity index (χ4n) is 0.239. The van der Waals surface area contributed by atoms with Crippen LogP contribution in [0.5, 0.6) is 0 Å². The zero-order valence-electron chi connectivity index (χ0n) is 4.72. The second kappa shape index (κ2) is 7.25. The zero-order chi connectivity index (χ0) is 5.70. The van der Waals surface area contributed by atoms with Gasteiger partial charge in [0.2, 0.25) is 0 Å². The Bertz CT molecular complexity index is 88.4. The molecular formula is C5H8O2Zr. The summed E-state index contributed by atoms with van der Waals surface area (Å²) in [6.45, 7) is 1.35. The van der Waals surface area contributed by atoms with Gasteiger partial charge < -0.3 is 5.11 Å². The van der Waals surface area contributed by atoms with E-state index in [-0.39, 0.29) is 38.6 Å². The number of aliphatic hydroxyl groups excluding tert-OH is 1. The molecule has 0 amide bonds. The van der Waals surface area contributed by atoms with Gasteiger partial charge in [-0.3, -0.25) is 4.79 Å². The zero-order valence-corrected chi connectivity index (χ0v) is 7.18. The average Bonchev–Trinajstić information content (AvgIpc) is 1.68. The molecule has 0 spiro atoms. The molecule has 3 heteroatoms. The molecule has 0 aliphatic heterocycles. The number of carbonyl (C=O) groups is 1. The van der Waals surface area contributed by atoms with Crippen molar-refractivity contribution >= 4 is 5.78 Å². The summed E-state index contributed by atoms with van der Waals surface area (Å²) in [6, 6.07) is 0. The van der Waals surface area contributed by atoms with Gasteiger partial charge in [0.15, 0.2) is 5.78 Å². The van der Waals surface area contributed by atoms with Gasteiger partial charge in [-0.2, -0.15) is 0 Å². The molecule has 0 rings (SSSR count). The van der Waals surface area contributed by atoms with Gasteiger partial charge in [-0.1, -0.05) is 6.08 Å². The van der Waals surface area contributed by atoms with Gasteiger partial charge in [0, 0.05) is 26.2 Å². The van der Waals surface area contributed by atoms with Crippen molar-refractivity contribution in [2.45, 2.75) is 6.92 Å². The normalized spacial score (nSPS) is 8.75. The fraction of sp³-hybridized carbons (Fsp3) is 0.400. The van der Waals surface area contributed by atoms with E-state index in [1.807, 2.05) is 0 Å². The van der Waals surface area contributed by atoms with Crippen LogP contribution in [0.1, 0.15) is 6.92 Å². The Balaban J connectivity index is 0. The van der Waals surface area contributed by atoms with E-state index in [1.54, 1.807) is 13.0 Å². The molecule has 0 atom stereocenters. The summed E-state index contributed by atoms with van der Waals surface area (Å²) in [4.78, 5) is 10.1. The smallest absolute Gasteiger partial charge is 0.180 e. The maximum atomic E-state index is 10.1. The van der Waals surface area contributed by atoms with E-state index < -0.39 is 0 Å². The van der Waals surface area contributed by atoms with Crippen molar-refractivity contribution in [3.63, 3.8) is 0 Å². The average molecular weight is 191 g/mol. The first kappa shape index (κ1) is 11.1. The van der Waals surface area contributed by atoms with E-state index in [2.05, 4.69) is 0 Å². The number of aliphatic hydroxyl groups is 1. The second-order valence-electron chi connectivity index (χ2n) is 1.12. The third-order valence-electron chi connectivity index (χ3n) is 0.508. The van der Waals surface area contributed by atoms with E-state index in [1.165, 1.54) is 6.08 Å². The number of hydrogen-bond donors (Lipinski definition) is 1. The molecule has 0 fully saturated rings. The molecule has 0 aromatic carbocycles. The van der Waals surface area contributed by atoms with Crippen LogP contribution in [0, 0.1) is 0 Å². The molecule has 0 aliphatic carbocycles. The van der Waals surface area contributed by atoms with Crippen LogP contribution in [0.4, 0.5) is 0 Å². The molecule has 0 aromatic heterocycles. The number of ketones is 1. The molecule has 0 aliphatic rings. The van der Waals surface area contributed by atoms with Crippen LogP contribution in [0.3, 0.4) is 0 Å². The number of rotatable bonds is 2. The number of allylic oxidation sites excluding steroid dienone is 1. The fourth-order valence-corrected chi connectivity index (χ4v) is 0.239. The van der Waals surface area contributed by atoms with E-state index in [0.717, 1.165) is 0 Å². The minimum absolute atomic E-state index is 0.